The van der Waals surface area contributed by atoms with Crippen LogP contribution in [0.25, 0.3) is 11.0 Å². The van der Waals surface area contributed by atoms with E-state index in [-0.39, 0.29) is 0 Å². The van der Waals surface area contributed by atoms with Crippen LogP contribution in [-0.2, 0) is 0 Å². The van der Waals surface area contributed by atoms with Crippen molar-refractivity contribution in [2.24, 2.45) is 0 Å². The Balaban J connectivity index is 2.60. The lowest BCUT2D eigenvalue weighted by Crippen LogP contribution is -2.07. The molecule has 62 valence electrons. The molecule has 0 aliphatic rings. The number of benzene rings is 1. The van der Waals surface area contributed by atoms with Crippen LogP contribution in [0.4, 0.5) is 5.69 Å². The average Bonchev–Trinajstić information content (AvgIpc) is 2.49. The van der Waals surface area contributed by atoms with Crippen LogP contribution in [-0.4, -0.2) is 29.5 Å². The predicted octanol–water partition coefficient (Wildman–Crippen LogP) is 1.02. The van der Waals surface area contributed by atoms with E-state index in [9.17, 15) is 0 Å². The number of aromatic nitrogens is 3. The minimum Gasteiger partial charge on any atom is -0.378 e. The second kappa shape index (κ2) is 2.48. The molecule has 2 aromatic rings. The summed E-state index contributed by atoms with van der Waals surface area (Å²) in [6.07, 6.45) is 0. The molecule has 0 saturated heterocycles. The zero-order valence-corrected chi connectivity index (χ0v) is 7.07. The summed E-state index contributed by atoms with van der Waals surface area (Å²) in [7, 11) is 4.00. The average molecular weight is 162 g/mol. The summed E-state index contributed by atoms with van der Waals surface area (Å²) in [5, 5.41) is 10.5. The van der Waals surface area contributed by atoms with Crippen molar-refractivity contribution in [2.75, 3.05) is 19.0 Å². The Morgan fingerprint density at radius 1 is 1.17 bits per heavy atom. The molecule has 0 spiro atoms. The van der Waals surface area contributed by atoms with Gasteiger partial charge in [-0.15, -0.1) is 0 Å². The van der Waals surface area contributed by atoms with Crippen molar-refractivity contribution in [3.63, 3.8) is 0 Å². The number of anilines is 1. The number of fused-ring (bicyclic) bond motifs is 1. The molecule has 1 aromatic heterocycles. The zero-order chi connectivity index (χ0) is 8.55. The molecule has 4 heteroatoms. The van der Waals surface area contributed by atoms with E-state index in [0.29, 0.717) is 0 Å². The quantitative estimate of drug-likeness (QED) is 0.681. The summed E-state index contributed by atoms with van der Waals surface area (Å²) >= 11 is 0. The van der Waals surface area contributed by atoms with Crippen molar-refractivity contribution in [3.8, 4) is 0 Å². The molecule has 12 heavy (non-hydrogen) atoms. The van der Waals surface area contributed by atoms with E-state index in [0.717, 1.165) is 16.7 Å². The number of hydrogen-bond acceptors (Lipinski definition) is 3. The Kier molecular flexibility index (Phi) is 1.46. The van der Waals surface area contributed by atoms with Gasteiger partial charge in [0.05, 0.1) is 0 Å². The third-order valence-corrected chi connectivity index (χ3v) is 1.82. The van der Waals surface area contributed by atoms with Gasteiger partial charge in [0.1, 0.15) is 11.0 Å². The Morgan fingerprint density at radius 2 is 1.92 bits per heavy atom. The molecule has 0 unspecified atom stereocenters. The van der Waals surface area contributed by atoms with Crippen LogP contribution in [0.5, 0.6) is 0 Å². The smallest absolute Gasteiger partial charge is 0.115 e. The zero-order valence-electron chi connectivity index (χ0n) is 7.07. The van der Waals surface area contributed by atoms with Crippen molar-refractivity contribution < 1.29 is 0 Å². The molecule has 0 atom stereocenters. The number of nitrogens with one attached hydrogen (secondary N) is 1. The highest BCUT2D eigenvalue weighted by Crippen LogP contribution is 2.16. The van der Waals surface area contributed by atoms with Gasteiger partial charge in [-0.05, 0) is 18.2 Å². The fourth-order valence-electron chi connectivity index (χ4n) is 1.11. The standard InChI is InChI=1S/C8H10N4/c1-12(2)6-3-4-7-8(5-6)10-11-9-7/h3-5H,1-2H3,(H,9,10,11). The lowest BCUT2D eigenvalue weighted by Gasteiger charge is -2.10. The van der Waals surface area contributed by atoms with Gasteiger partial charge in [0, 0.05) is 19.8 Å². The first-order chi connectivity index (χ1) is 5.77. The Hall–Kier alpha value is -1.58. The molecular weight excluding hydrogens is 152 g/mol. The lowest BCUT2D eigenvalue weighted by molar-refractivity contribution is 0.959. The highest BCUT2D eigenvalue weighted by Gasteiger charge is 1.99. The Bertz CT molecular complexity index is 391. The van der Waals surface area contributed by atoms with Gasteiger partial charge in [-0.25, -0.2) is 0 Å². The molecule has 0 aliphatic carbocycles. The number of hydrogen-bond donors (Lipinski definition) is 1. The van der Waals surface area contributed by atoms with Crippen LogP contribution in [0, 0.1) is 0 Å². The van der Waals surface area contributed by atoms with Crippen molar-refractivity contribution >= 4 is 16.7 Å². The van der Waals surface area contributed by atoms with Crippen molar-refractivity contribution in [1.29, 1.82) is 0 Å². The van der Waals surface area contributed by atoms with Crippen molar-refractivity contribution in [3.05, 3.63) is 18.2 Å². The van der Waals surface area contributed by atoms with E-state index >= 15 is 0 Å². The van der Waals surface area contributed by atoms with Crippen LogP contribution >= 0.6 is 0 Å². The molecule has 4 nitrogen and oxygen atoms in total. The molecular formula is C8H10N4. The van der Waals surface area contributed by atoms with Crippen LogP contribution in [0.2, 0.25) is 0 Å². The topological polar surface area (TPSA) is 44.8 Å². The van der Waals surface area contributed by atoms with E-state index in [4.69, 9.17) is 0 Å². The fourth-order valence-corrected chi connectivity index (χ4v) is 1.11. The maximum absolute atomic E-state index is 4.00. The summed E-state index contributed by atoms with van der Waals surface area (Å²) < 4.78 is 0. The van der Waals surface area contributed by atoms with Crippen LogP contribution in [0.3, 0.4) is 0 Å². The van der Waals surface area contributed by atoms with Gasteiger partial charge in [-0.3, -0.25) is 0 Å². The number of aromatic amines is 1. The Labute approximate surface area is 70.2 Å². The maximum Gasteiger partial charge on any atom is 0.115 e. The van der Waals surface area contributed by atoms with Crippen LogP contribution in [0.15, 0.2) is 18.2 Å². The number of nitrogens with zero attached hydrogens (tertiary/aromatic N) is 3. The molecule has 0 aliphatic heterocycles. The molecule has 0 saturated carbocycles. The van der Waals surface area contributed by atoms with Crippen LogP contribution in [0.1, 0.15) is 0 Å². The first kappa shape index (κ1) is 7.09. The van der Waals surface area contributed by atoms with Gasteiger partial charge in [0.2, 0.25) is 0 Å². The summed E-state index contributed by atoms with van der Waals surface area (Å²) in [6, 6.07) is 5.97. The van der Waals surface area contributed by atoms with E-state index in [1.165, 1.54) is 0 Å². The fraction of sp³-hybridized carbons (Fsp3) is 0.250. The minimum atomic E-state index is 0.903. The third kappa shape index (κ3) is 1.01. The summed E-state index contributed by atoms with van der Waals surface area (Å²) in [5.41, 5.74) is 2.94. The van der Waals surface area contributed by atoms with Crippen molar-refractivity contribution in [1.82, 2.24) is 15.4 Å². The first-order valence-electron chi connectivity index (χ1n) is 3.75. The van der Waals surface area contributed by atoms with E-state index < -0.39 is 0 Å². The normalized spacial score (nSPS) is 10.5. The molecule has 0 radical (unpaired) electrons. The van der Waals surface area contributed by atoms with Gasteiger partial charge in [-0.2, -0.15) is 15.4 Å². The monoisotopic (exact) mass is 162 g/mol. The van der Waals surface area contributed by atoms with E-state index in [1.54, 1.807) is 0 Å². The lowest BCUT2D eigenvalue weighted by atomic mass is 10.2. The number of H-pyrrole nitrogens is 1. The van der Waals surface area contributed by atoms with Crippen molar-refractivity contribution in [2.45, 2.75) is 0 Å². The second-order valence-corrected chi connectivity index (χ2v) is 2.89. The summed E-state index contributed by atoms with van der Waals surface area (Å²) in [5.74, 6) is 0. The third-order valence-electron chi connectivity index (χ3n) is 1.82. The molecule has 0 fully saturated rings. The maximum atomic E-state index is 4.00. The largest absolute Gasteiger partial charge is 0.378 e. The first-order valence-corrected chi connectivity index (χ1v) is 3.75. The molecule has 2 rings (SSSR count). The Morgan fingerprint density at radius 3 is 2.67 bits per heavy atom. The van der Waals surface area contributed by atoms with Crippen LogP contribution < -0.4 is 4.90 Å². The summed E-state index contributed by atoms with van der Waals surface area (Å²) in [4.78, 5) is 2.04. The predicted molar refractivity (Wildman–Crippen MR) is 48.2 cm³/mol. The second-order valence-electron chi connectivity index (χ2n) is 2.89. The number of rotatable bonds is 1. The van der Waals surface area contributed by atoms with Gasteiger partial charge in [0.15, 0.2) is 0 Å². The molecule has 0 amide bonds. The molecule has 1 heterocycles. The highest BCUT2D eigenvalue weighted by molar-refractivity contribution is 5.78. The van der Waals surface area contributed by atoms with Gasteiger partial charge in [-0.1, -0.05) is 0 Å². The molecule has 1 N–H and O–H groups in total. The van der Waals surface area contributed by atoms with Gasteiger partial charge >= 0.3 is 0 Å². The molecule has 0 bridgehead atoms. The SMILES string of the molecule is CN(C)c1ccc2n[nH]nc2c1. The van der Waals surface area contributed by atoms with E-state index in [1.807, 2.05) is 37.2 Å². The summed E-state index contributed by atoms with van der Waals surface area (Å²) in [6.45, 7) is 0. The van der Waals surface area contributed by atoms with Gasteiger partial charge < -0.3 is 4.90 Å². The molecule has 1 aromatic carbocycles. The van der Waals surface area contributed by atoms with E-state index in [2.05, 4.69) is 15.4 Å². The highest BCUT2D eigenvalue weighted by atomic mass is 15.3. The van der Waals surface area contributed by atoms with Gasteiger partial charge in [0.25, 0.3) is 0 Å². The minimum absolute atomic E-state index is 0.903.